The number of hydrogen-bond donors (Lipinski definition) is 1. The van der Waals surface area contributed by atoms with Crippen molar-refractivity contribution in [3.05, 3.63) is 53.6 Å². The molecule has 1 heterocycles. The van der Waals surface area contributed by atoms with Crippen LogP contribution in [0.1, 0.15) is 57.0 Å². The van der Waals surface area contributed by atoms with Crippen LogP contribution in [-0.4, -0.2) is 9.78 Å². The van der Waals surface area contributed by atoms with Gasteiger partial charge in [-0.15, -0.1) is 0 Å². The van der Waals surface area contributed by atoms with Gasteiger partial charge in [-0.3, -0.25) is 4.68 Å². The Morgan fingerprint density at radius 3 is 2.57 bits per heavy atom. The molecule has 114 valence electrons. The van der Waals surface area contributed by atoms with E-state index in [1.54, 1.807) is 6.07 Å². The number of benzene rings is 1. The fourth-order valence-electron chi connectivity index (χ4n) is 2.53. The number of rotatable bonds is 7. The first-order valence-corrected chi connectivity index (χ1v) is 7.67. The minimum absolute atomic E-state index is 0.0375. The Balaban J connectivity index is 1.96. The van der Waals surface area contributed by atoms with Crippen molar-refractivity contribution >= 4 is 0 Å². The number of hydrogen-bond acceptors (Lipinski definition) is 2. The molecule has 2 rings (SSSR count). The van der Waals surface area contributed by atoms with Gasteiger partial charge in [0.05, 0.1) is 11.7 Å². The van der Waals surface area contributed by atoms with Crippen LogP contribution in [0.2, 0.25) is 0 Å². The Labute approximate surface area is 126 Å². The highest BCUT2D eigenvalue weighted by Crippen LogP contribution is 2.17. The smallest absolute Gasteiger partial charge is 0.127 e. The maximum absolute atomic E-state index is 13.7. The number of nitrogens with zero attached hydrogens (tertiary/aromatic N) is 2. The summed E-state index contributed by atoms with van der Waals surface area (Å²) < 4.78 is 15.7. The standard InChI is InChI=1S/C17H24FN3/c1-4-15(5-2)21-11-10-14(20-21)12-19-13(3)16-8-6-7-9-17(16)18/h6-11,13,15,19H,4-5,12H2,1-3H3/t13-/m1/s1. The average molecular weight is 289 g/mol. The van der Waals surface area contributed by atoms with E-state index in [4.69, 9.17) is 0 Å². The average Bonchev–Trinajstić information content (AvgIpc) is 2.95. The van der Waals surface area contributed by atoms with Crippen molar-refractivity contribution in [1.29, 1.82) is 0 Å². The molecule has 0 aliphatic carbocycles. The van der Waals surface area contributed by atoms with Crippen LogP contribution in [0, 0.1) is 5.82 Å². The molecule has 0 amide bonds. The van der Waals surface area contributed by atoms with E-state index in [-0.39, 0.29) is 11.9 Å². The Hall–Kier alpha value is -1.68. The Bertz CT molecular complexity index is 561. The second-order valence-corrected chi connectivity index (χ2v) is 5.38. The quantitative estimate of drug-likeness (QED) is 0.826. The molecule has 1 N–H and O–H groups in total. The zero-order valence-electron chi connectivity index (χ0n) is 13.0. The minimum atomic E-state index is -0.167. The maximum atomic E-state index is 13.7. The normalized spacial score (nSPS) is 12.8. The van der Waals surface area contributed by atoms with Gasteiger partial charge in [0, 0.05) is 24.3 Å². The lowest BCUT2D eigenvalue weighted by Crippen LogP contribution is -2.19. The number of aromatic nitrogens is 2. The van der Waals surface area contributed by atoms with Gasteiger partial charge in [0.2, 0.25) is 0 Å². The zero-order chi connectivity index (χ0) is 15.2. The molecule has 2 aromatic rings. The molecule has 4 heteroatoms. The topological polar surface area (TPSA) is 29.9 Å². The highest BCUT2D eigenvalue weighted by atomic mass is 19.1. The summed E-state index contributed by atoms with van der Waals surface area (Å²) in [5.74, 6) is -0.167. The molecule has 0 radical (unpaired) electrons. The van der Waals surface area contributed by atoms with Gasteiger partial charge < -0.3 is 5.32 Å². The fraction of sp³-hybridized carbons (Fsp3) is 0.471. The first kappa shape index (κ1) is 15.7. The van der Waals surface area contributed by atoms with E-state index in [9.17, 15) is 4.39 Å². The van der Waals surface area contributed by atoms with E-state index in [1.165, 1.54) is 6.07 Å². The molecule has 1 aromatic heterocycles. The van der Waals surface area contributed by atoms with Gasteiger partial charge in [-0.2, -0.15) is 5.10 Å². The van der Waals surface area contributed by atoms with Gasteiger partial charge in [0.1, 0.15) is 5.82 Å². The minimum Gasteiger partial charge on any atom is -0.304 e. The zero-order valence-corrected chi connectivity index (χ0v) is 13.0. The molecule has 0 aliphatic rings. The number of halogens is 1. The monoisotopic (exact) mass is 289 g/mol. The van der Waals surface area contributed by atoms with E-state index in [0.717, 1.165) is 18.5 Å². The van der Waals surface area contributed by atoms with E-state index in [0.29, 0.717) is 18.2 Å². The lowest BCUT2D eigenvalue weighted by Gasteiger charge is -2.15. The van der Waals surface area contributed by atoms with Gasteiger partial charge >= 0.3 is 0 Å². The third-order valence-corrected chi connectivity index (χ3v) is 3.94. The van der Waals surface area contributed by atoms with Crippen LogP contribution in [0.4, 0.5) is 4.39 Å². The molecular formula is C17H24FN3. The fourth-order valence-corrected chi connectivity index (χ4v) is 2.53. The molecule has 0 aliphatic heterocycles. The van der Waals surface area contributed by atoms with E-state index >= 15 is 0 Å². The van der Waals surface area contributed by atoms with Crippen LogP contribution < -0.4 is 5.32 Å². The molecule has 0 fully saturated rings. The van der Waals surface area contributed by atoms with Gasteiger partial charge in [0.25, 0.3) is 0 Å². The molecule has 3 nitrogen and oxygen atoms in total. The van der Waals surface area contributed by atoms with Crippen LogP contribution in [0.3, 0.4) is 0 Å². The third kappa shape index (κ3) is 3.91. The van der Waals surface area contributed by atoms with Gasteiger partial charge in [-0.1, -0.05) is 32.0 Å². The molecule has 0 unspecified atom stereocenters. The first-order chi connectivity index (χ1) is 10.2. The summed E-state index contributed by atoms with van der Waals surface area (Å²) >= 11 is 0. The summed E-state index contributed by atoms with van der Waals surface area (Å²) in [6.07, 6.45) is 4.19. The Morgan fingerprint density at radius 1 is 1.19 bits per heavy atom. The second-order valence-electron chi connectivity index (χ2n) is 5.38. The summed E-state index contributed by atoms with van der Waals surface area (Å²) in [5.41, 5.74) is 1.68. The van der Waals surface area contributed by atoms with E-state index in [1.807, 2.05) is 36.0 Å². The first-order valence-electron chi connectivity index (χ1n) is 7.67. The number of nitrogens with one attached hydrogen (secondary N) is 1. The summed E-state index contributed by atoms with van der Waals surface area (Å²) in [7, 11) is 0. The molecule has 1 atom stereocenters. The van der Waals surface area contributed by atoms with Crippen LogP contribution >= 0.6 is 0 Å². The molecule has 1 aromatic carbocycles. The summed E-state index contributed by atoms with van der Waals surface area (Å²) in [6, 6.07) is 9.33. The molecule has 0 saturated carbocycles. The van der Waals surface area contributed by atoms with E-state index < -0.39 is 0 Å². The van der Waals surface area contributed by atoms with Crippen LogP contribution in [0.15, 0.2) is 36.5 Å². The highest BCUT2D eigenvalue weighted by molar-refractivity contribution is 5.20. The van der Waals surface area contributed by atoms with Crippen molar-refractivity contribution in [3.8, 4) is 0 Å². The van der Waals surface area contributed by atoms with Crippen molar-refractivity contribution in [3.63, 3.8) is 0 Å². The third-order valence-electron chi connectivity index (χ3n) is 3.94. The van der Waals surface area contributed by atoms with E-state index in [2.05, 4.69) is 24.3 Å². The van der Waals surface area contributed by atoms with Crippen LogP contribution in [-0.2, 0) is 6.54 Å². The van der Waals surface area contributed by atoms with Gasteiger partial charge in [-0.05, 0) is 31.9 Å². The Morgan fingerprint density at radius 2 is 1.90 bits per heavy atom. The van der Waals surface area contributed by atoms with Gasteiger partial charge in [-0.25, -0.2) is 4.39 Å². The van der Waals surface area contributed by atoms with Crippen LogP contribution in [0.25, 0.3) is 0 Å². The van der Waals surface area contributed by atoms with Crippen molar-refractivity contribution in [2.45, 2.75) is 52.2 Å². The van der Waals surface area contributed by atoms with Crippen molar-refractivity contribution < 1.29 is 4.39 Å². The Kier molecular flexibility index (Phi) is 5.51. The molecular weight excluding hydrogens is 265 g/mol. The molecule has 0 saturated heterocycles. The molecule has 21 heavy (non-hydrogen) atoms. The predicted molar refractivity (Wildman–Crippen MR) is 83.5 cm³/mol. The predicted octanol–water partition coefficient (Wildman–Crippen LogP) is 4.23. The maximum Gasteiger partial charge on any atom is 0.127 e. The van der Waals surface area contributed by atoms with Crippen LogP contribution in [0.5, 0.6) is 0 Å². The van der Waals surface area contributed by atoms with Crippen molar-refractivity contribution in [1.82, 2.24) is 15.1 Å². The lowest BCUT2D eigenvalue weighted by atomic mass is 10.1. The van der Waals surface area contributed by atoms with Crippen molar-refractivity contribution in [2.75, 3.05) is 0 Å². The lowest BCUT2D eigenvalue weighted by molar-refractivity contribution is 0.422. The summed E-state index contributed by atoms with van der Waals surface area (Å²) in [4.78, 5) is 0. The molecule has 0 spiro atoms. The van der Waals surface area contributed by atoms with Crippen molar-refractivity contribution in [2.24, 2.45) is 0 Å². The summed E-state index contributed by atoms with van der Waals surface area (Å²) in [5, 5.41) is 7.93. The highest BCUT2D eigenvalue weighted by Gasteiger charge is 2.11. The molecule has 0 bridgehead atoms. The summed E-state index contributed by atoms with van der Waals surface area (Å²) in [6.45, 7) is 6.96. The van der Waals surface area contributed by atoms with Gasteiger partial charge in [0.15, 0.2) is 0 Å². The largest absolute Gasteiger partial charge is 0.304 e. The SMILES string of the molecule is CCC(CC)n1ccc(CN[C@H](C)c2ccccc2F)n1. The second kappa shape index (κ2) is 7.36.